The number of carbonyl (C=O) groups is 1. The molecule has 0 spiro atoms. The van der Waals surface area contributed by atoms with Gasteiger partial charge in [-0.05, 0) is 12.8 Å². The molecule has 12 heavy (non-hydrogen) atoms. The van der Waals surface area contributed by atoms with E-state index in [1.54, 1.807) is 0 Å². The predicted octanol–water partition coefficient (Wildman–Crippen LogP) is 1.03. The lowest BCUT2D eigenvalue weighted by atomic mass is 10.1. The van der Waals surface area contributed by atoms with Crippen molar-refractivity contribution in [3.63, 3.8) is 0 Å². The highest BCUT2D eigenvalue weighted by atomic mass is 16.5. The molecule has 3 nitrogen and oxygen atoms in total. The van der Waals surface area contributed by atoms with Gasteiger partial charge in [-0.25, -0.2) is 0 Å². The van der Waals surface area contributed by atoms with E-state index in [-0.39, 0.29) is 0 Å². The monoisotopic (exact) mass is 171 g/mol. The summed E-state index contributed by atoms with van der Waals surface area (Å²) < 4.78 is 5.41. The highest BCUT2D eigenvalue weighted by molar-refractivity contribution is 5.48. The third-order valence-corrected chi connectivity index (χ3v) is 2.53. The zero-order valence-corrected chi connectivity index (χ0v) is 7.82. The number of ether oxygens (including phenoxy) is 1. The molecule has 1 aliphatic rings. The van der Waals surface area contributed by atoms with E-state index in [0.29, 0.717) is 25.3 Å². The van der Waals surface area contributed by atoms with Crippen LogP contribution in [0.15, 0.2) is 0 Å². The van der Waals surface area contributed by atoms with Crippen LogP contribution in [0, 0.1) is 0 Å². The molecule has 0 aromatic heterocycles. The summed E-state index contributed by atoms with van der Waals surface area (Å²) >= 11 is 0. The molecule has 1 heterocycles. The normalized spacial score (nSPS) is 30.3. The third kappa shape index (κ3) is 1.78. The molecular weight excluding hydrogens is 154 g/mol. The van der Waals surface area contributed by atoms with Crippen molar-refractivity contribution in [1.82, 2.24) is 4.90 Å². The number of rotatable bonds is 3. The fourth-order valence-electron chi connectivity index (χ4n) is 1.64. The second-order valence-electron chi connectivity index (χ2n) is 3.21. The van der Waals surface area contributed by atoms with E-state index in [1.165, 1.54) is 0 Å². The third-order valence-electron chi connectivity index (χ3n) is 2.53. The van der Waals surface area contributed by atoms with E-state index in [0.717, 1.165) is 19.3 Å². The Hall–Kier alpha value is -0.570. The van der Waals surface area contributed by atoms with Crippen LogP contribution in [-0.2, 0) is 9.53 Å². The van der Waals surface area contributed by atoms with Gasteiger partial charge in [0.05, 0.1) is 25.3 Å². The molecular formula is C9H17NO2. The van der Waals surface area contributed by atoms with Gasteiger partial charge < -0.3 is 9.64 Å². The first-order chi connectivity index (χ1) is 5.83. The summed E-state index contributed by atoms with van der Waals surface area (Å²) in [7, 11) is 0. The molecule has 0 bridgehead atoms. The molecule has 1 fully saturated rings. The van der Waals surface area contributed by atoms with Crippen LogP contribution in [0.1, 0.15) is 26.7 Å². The van der Waals surface area contributed by atoms with Crippen LogP contribution in [0.4, 0.5) is 0 Å². The summed E-state index contributed by atoms with van der Waals surface area (Å²) in [5.41, 5.74) is 0. The summed E-state index contributed by atoms with van der Waals surface area (Å²) in [4.78, 5) is 12.7. The lowest BCUT2D eigenvalue weighted by molar-refractivity contribution is -0.132. The molecule has 1 amide bonds. The molecule has 0 aromatic carbocycles. The van der Waals surface area contributed by atoms with E-state index < -0.39 is 0 Å². The SMILES string of the molecule is CCC1COCC(CC)N1C=O. The van der Waals surface area contributed by atoms with Gasteiger partial charge in [-0.2, -0.15) is 0 Å². The number of nitrogens with zero attached hydrogens (tertiary/aromatic N) is 1. The number of carbonyl (C=O) groups excluding carboxylic acids is 1. The fraction of sp³-hybridized carbons (Fsp3) is 0.889. The van der Waals surface area contributed by atoms with Crippen LogP contribution in [-0.4, -0.2) is 36.6 Å². The lowest BCUT2D eigenvalue weighted by Gasteiger charge is -2.38. The summed E-state index contributed by atoms with van der Waals surface area (Å²) in [5, 5.41) is 0. The molecule has 0 radical (unpaired) electrons. The van der Waals surface area contributed by atoms with Gasteiger partial charge in [0.15, 0.2) is 0 Å². The van der Waals surface area contributed by atoms with Crippen molar-refractivity contribution in [2.75, 3.05) is 13.2 Å². The summed E-state index contributed by atoms with van der Waals surface area (Å²) in [6, 6.07) is 0.586. The predicted molar refractivity (Wildman–Crippen MR) is 46.9 cm³/mol. The minimum Gasteiger partial charge on any atom is -0.377 e. The Morgan fingerprint density at radius 2 is 1.83 bits per heavy atom. The van der Waals surface area contributed by atoms with Crippen molar-refractivity contribution in [1.29, 1.82) is 0 Å². The van der Waals surface area contributed by atoms with Crippen LogP contribution in [0.25, 0.3) is 0 Å². The van der Waals surface area contributed by atoms with Gasteiger partial charge in [0.1, 0.15) is 0 Å². The molecule has 3 heteroatoms. The first-order valence-electron chi connectivity index (χ1n) is 4.63. The Bertz CT molecular complexity index is 137. The minimum absolute atomic E-state index is 0.293. The summed E-state index contributed by atoms with van der Waals surface area (Å²) in [6.07, 6.45) is 2.93. The molecule has 1 saturated heterocycles. The number of hydrogen-bond acceptors (Lipinski definition) is 2. The molecule has 0 aliphatic carbocycles. The Kier molecular flexibility index (Phi) is 3.53. The quantitative estimate of drug-likeness (QED) is 0.594. The van der Waals surface area contributed by atoms with Crippen LogP contribution >= 0.6 is 0 Å². The molecule has 2 atom stereocenters. The van der Waals surface area contributed by atoms with Crippen molar-refractivity contribution < 1.29 is 9.53 Å². The number of hydrogen-bond donors (Lipinski definition) is 0. The first-order valence-corrected chi connectivity index (χ1v) is 4.63. The second kappa shape index (κ2) is 4.45. The van der Waals surface area contributed by atoms with Crippen molar-refractivity contribution in [2.45, 2.75) is 38.8 Å². The maximum Gasteiger partial charge on any atom is 0.210 e. The smallest absolute Gasteiger partial charge is 0.210 e. The largest absolute Gasteiger partial charge is 0.377 e. The van der Waals surface area contributed by atoms with Gasteiger partial charge >= 0.3 is 0 Å². The van der Waals surface area contributed by atoms with E-state index >= 15 is 0 Å². The second-order valence-corrected chi connectivity index (χ2v) is 3.21. The maximum atomic E-state index is 10.8. The average Bonchev–Trinajstić information content (AvgIpc) is 2.16. The van der Waals surface area contributed by atoms with Gasteiger partial charge in [-0.3, -0.25) is 4.79 Å². The molecule has 0 saturated carbocycles. The van der Waals surface area contributed by atoms with Gasteiger partial charge in [0.25, 0.3) is 0 Å². The zero-order chi connectivity index (χ0) is 8.97. The van der Waals surface area contributed by atoms with E-state index in [9.17, 15) is 4.79 Å². The molecule has 0 N–H and O–H groups in total. The van der Waals surface area contributed by atoms with E-state index in [4.69, 9.17) is 4.74 Å². The molecule has 1 rings (SSSR count). The summed E-state index contributed by atoms with van der Waals surface area (Å²) in [5.74, 6) is 0. The van der Waals surface area contributed by atoms with E-state index in [2.05, 4.69) is 13.8 Å². The molecule has 2 unspecified atom stereocenters. The van der Waals surface area contributed by atoms with Crippen molar-refractivity contribution in [3.05, 3.63) is 0 Å². The lowest BCUT2D eigenvalue weighted by Crippen LogP contribution is -2.50. The van der Waals surface area contributed by atoms with Crippen LogP contribution in [0.2, 0.25) is 0 Å². The fourth-order valence-corrected chi connectivity index (χ4v) is 1.64. The summed E-state index contributed by atoms with van der Waals surface area (Å²) in [6.45, 7) is 5.57. The number of morpholine rings is 1. The van der Waals surface area contributed by atoms with Gasteiger partial charge in [0.2, 0.25) is 6.41 Å². The highest BCUT2D eigenvalue weighted by Gasteiger charge is 2.27. The Labute approximate surface area is 73.7 Å². The van der Waals surface area contributed by atoms with E-state index in [1.807, 2.05) is 4.90 Å². The first kappa shape index (κ1) is 9.52. The average molecular weight is 171 g/mol. The van der Waals surface area contributed by atoms with Crippen LogP contribution in [0.3, 0.4) is 0 Å². The molecule has 1 aliphatic heterocycles. The standard InChI is InChI=1S/C9H17NO2/c1-3-8-5-12-6-9(4-2)10(8)7-11/h7-9H,3-6H2,1-2H3. The molecule has 70 valence electrons. The van der Waals surface area contributed by atoms with Crippen molar-refractivity contribution in [2.24, 2.45) is 0 Å². The highest BCUT2D eigenvalue weighted by Crippen LogP contribution is 2.15. The minimum atomic E-state index is 0.293. The topological polar surface area (TPSA) is 29.5 Å². The number of amides is 1. The van der Waals surface area contributed by atoms with Gasteiger partial charge in [-0.15, -0.1) is 0 Å². The van der Waals surface area contributed by atoms with Crippen LogP contribution in [0.5, 0.6) is 0 Å². The zero-order valence-electron chi connectivity index (χ0n) is 7.82. The Morgan fingerprint density at radius 3 is 2.17 bits per heavy atom. The maximum absolute atomic E-state index is 10.8. The Balaban J connectivity index is 2.58. The van der Waals surface area contributed by atoms with Crippen LogP contribution < -0.4 is 0 Å². The van der Waals surface area contributed by atoms with Crippen molar-refractivity contribution >= 4 is 6.41 Å². The van der Waals surface area contributed by atoms with Gasteiger partial charge in [-0.1, -0.05) is 13.8 Å². The molecule has 0 aromatic rings. The van der Waals surface area contributed by atoms with Gasteiger partial charge in [0, 0.05) is 0 Å². The van der Waals surface area contributed by atoms with Crippen molar-refractivity contribution in [3.8, 4) is 0 Å². The Morgan fingerprint density at radius 1 is 1.33 bits per heavy atom.